The van der Waals surface area contributed by atoms with Crippen molar-refractivity contribution >= 4 is 10.0 Å². The zero-order valence-corrected chi connectivity index (χ0v) is 13.4. The summed E-state index contributed by atoms with van der Waals surface area (Å²) in [5, 5.41) is 0. The minimum Gasteiger partial charge on any atom is -0.494 e. The van der Waals surface area contributed by atoms with Crippen molar-refractivity contribution in [3.8, 4) is 5.75 Å². The fourth-order valence-corrected chi connectivity index (χ4v) is 4.78. The van der Waals surface area contributed by atoms with Crippen LogP contribution in [0.1, 0.15) is 25.7 Å². The van der Waals surface area contributed by atoms with Gasteiger partial charge in [-0.1, -0.05) is 6.42 Å². The third-order valence-corrected chi connectivity index (χ3v) is 6.08. The van der Waals surface area contributed by atoms with Crippen molar-refractivity contribution in [1.82, 2.24) is 9.62 Å². The van der Waals surface area contributed by atoms with Gasteiger partial charge in [-0.2, -0.15) is 0 Å². The average Bonchev–Trinajstić information content (AvgIpc) is 2.90. The van der Waals surface area contributed by atoms with Crippen LogP contribution in [0.3, 0.4) is 0 Å². The number of piperidine rings is 1. The van der Waals surface area contributed by atoms with Gasteiger partial charge in [-0.15, -0.1) is 0 Å². The number of rotatable bonds is 4. The Hall–Kier alpha value is -1.18. The quantitative estimate of drug-likeness (QED) is 0.915. The van der Waals surface area contributed by atoms with E-state index in [-0.39, 0.29) is 22.7 Å². The molecule has 3 rings (SSSR count). The van der Waals surface area contributed by atoms with E-state index in [0.717, 1.165) is 38.4 Å². The van der Waals surface area contributed by atoms with Crippen molar-refractivity contribution < 1.29 is 17.5 Å². The molecule has 2 aliphatic rings. The predicted molar refractivity (Wildman–Crippen MR) is 80.9 cm³/mol. The second-order valence-electron chi connectivity index (χ2n) is 5.91. The standard InChI is InChI=1S/C15H21FN2O3S/c1-21-15-6-5-11(10-12(15)16)22(19,20)17-13-7-9-18-8-3-2-4-14(13)18/h5-6,10,13-14,17H,2-4,7-9H2,1H3/t13-,14+/m0/s1. The molecular weight excluding hydrogens is 307 g/mol. The number of ether oxygens (including phenoxy) is 1. The van der Waals surface area contributed by atoms with Crippen molar-refractivity contribution in [1.29, 1.82) is 0 Å². The van der Waals surface area contributed by atoms with E-state index in [9.17, 15) is 12.8 Å². The van der Waals surface area contributed by atoms with Crippen LogP contribution in [0.15, 0.2) is 23.1 Å². The lowest BCUT2D eigenvalue weighted by Crippen LogP contribution is -2.46. The molecule has 2 atom stereocenters. The van der Waals surface area contributed by atoms with E-state index < -0.39 is 15.8 Å². The zero-order valence-electron chi connectivity index (χ0n) is 12.6. The normalized spacial score (nSPS) is 25.9. The summed E-state index contributed by atoms with van der Waals surface area (Å²) in [4.78, 5) is 2.30. The van der Waals surface area contributed by atoms with Gasteiger partial charge >= 0.3 is 0 Å². The first-order valence-corrected chi connectivity index (χ1v) is 9.09. The SMILES string of the molecule is COc1ccc(S(=O)(=O)N[C@H]2CCN3CCCC[C@H]23)cc1F. The molecule has 0 spiro atoms. The van der Waals surface area contributed by atoms with E-state index in [4.69, 9.17) is 4.74 Å². The first-order valence-electron chi connectivity index (χ1n) is 7.61. The molecule has 0 aliphatic carbocycles. The molecule has 2 heterocycles. The monoisotopic (exact) mass is 328 g/mol. The largest absolute Gasteiger partial charge is 0.494 e. The summed E-state index contributed by atoms with van der Waals surface area (Å²) >= 11 is 0. The van der Waals surface area contributed by atoms with E-state index in [2.05, 4.69) is 9.62 Å². The molecule has 0 amide bonds. The lowest BCUT2D eigenvalue weighted by molar-refractivity contribution is 0.186. The lowest BCUT2D eigenvalue weighted by Gasteiger charge is -2.32. The fourth-order valence-electron chi connectivity index (χ4n) is 3.47. The maximum atomic E-state index is 13.7. The summed E-state index contributed by atoms with van der Waals surface area (Å²) in [5.74, 6) is -0.630. The van der Waals surface area contributed by atoms with Crippen LogP contribution in [0.4, 0.5) is 4.39 Å². The van der Waals surface area contributed by atoms with Crippen LogP contribution >= 0.6 is 0 Å². The van der Waals surface area contributed by atoms with E-state index in [1.165, 1.54) is 25.7 Å². The van der Waals surface area contributed by atoms with Gasteiger partial charge in [0.25, 0.3) is 0 Å². The highest BCUT2D eigenvalue weighted by Crippen LogP contribution is 2.28. The molecule has 0 radical (unpaired) electrons. The number of hydrogen-bond acceptors (Lipinski definition) is 4. The Labute approximate surface area is 130 Å². The van der Waals surface area contributed by atoms with Gasteiger partial charge in [0.15, 0.2) is 11.6 Å². The summed E-state index contributed by atoms with van der Waals surface area (Å²) in [6.07, 6.45) is 4.14. The first kappa shape index (κ1) is 15.7. The van der Waals surface area contributed by atoms with E-state index in [1.54, 1.807) is 0 Å². The Bertz CT molecular complexity index is 650. The highest BCUT2D eigenvalue weighted by molar-refractivity contribution is 7.89. The van der Waals surface area contributed by atoms with Crippen LogP contribution in [0.2, 0.25) is 0 Å². The summed E-state index contributed by atoms with van der Waals surface area (Å²) in [6.45, 7) is 1.97. The van der Waals surface area contributed by atoms with Gasteiger partial charge < -0.3 is 4.74 Å². The highest BCUT2D eigenvalue weighted by Gasteiger charge is 2.37. The highest BCUT2D eigenvalue weighted by atomic mass is 32.2. The number of nitrogens with zero attached hydrogens (tertiary/aromatic N) is 1. The maximum Gasteiger partial charge on any atom is 0.240 e. The van der Waals surface area contributed by atoms with Gasteiger partial charge in [-0.25, -0.2) is 17.5 Å². The van der Waals surface area contributed by atoms with E-state index in [0.29, 0.717) is 0 Å². The number of methoxy groups -OCH3 is 1. The number of halogens is 1. The van der Waals surface area contributed by atoms with Crippen molar-refractivity contribution in [2.24, 2.45) is 0 Å². The minimum absolute atomic E-state index is 0.0401. The number of nitrogens with one attached hydrogen (secondary N) is 1. The second kappa shape index (κ2) is 6.14. The van der Waals surface area contributed by atoms with Crippen LogP contribution < -0.4 is 9.46 Å². The second-order valence-corrected chi connectivity index (χ2v) is 7.63. The molecule has 0 unspecified atom stereocenters. The Morgan fingerprint density at radius 3 is 2.82 bits per heavy atom. The average molecular weight is 328 g/mol. The maximum absolute atomic E-state index is 13.7. The van der Waals surface area contributed by atoms with Crippen LogP contribution in [0, 0.1) is 5.82 Å². The number of fused-ring (bicyclic) bond motifs is 1. The molecule has 0 aromatic heterocycles. The fraction of sp³-hybridized carbons (Fsp3) is 0.600. The van der Waals surface area contributed by atoms with Crippen molar-refractivity contribution in [3.05, 3.63) is 24.0 Å². The minimum atomic E-state index is -3.71. The molecule has 2 fully saturated rings. The zero-order chi connectivity index (χ0) is 15.7. The van der Waals surface area contributed by atoms with Crippen LogP contribution in [0.25, 0.3) is 0 Å². The third-order valence-electron chi connectivity index (χ3n) is 4.60. The molecule has 2 aliphatic heterocycles. The molecule has 5 nitrogen and oxygen atoms in total. The molecule has 7 heteroatoms. The Balaban J connectivity index is 1.77. The Kier molecular flexibility index (Phi) is 4.38. The molecule has 0 saturated carbocycles. The topological polar surface area (TPSA) is 58.6 Å². The van der Waals surface area contributed by atoms with Crippen molar-refractivity contribution in [2.75, 3.05) is 20.2 Å². The number of benzene rings is 1. The van der Waals surface area contributed by atoms with Gasteiger partial charge in [-0.3, -0.25) is 4.90 Å². The Morgan fingerprint density at radius 1 is 1.27 bits per heavy atom. The van der Waals surface area contributed by atoms with Crippen LogP contribution in [0.5, 0.6) is 5.75 Å². The van der Waals surface area contributed by atoms with E-state index >= 15 is 0 Å². The number of sulfonamides is 1. The van der Waals surface area contributed by atoms with Crippen LogP contribution in [-0.2, 0) is 10.0 Å². The van der Waals surface area contributed by atoms with Crippen LogP contribution in [-0.4, -0.2) is 45.6 Å². The molecule has 1 N–H and O–H groups in total. The van der Waals surface area contributed by atoms with Gasteiger partial charge in [0.05, 0.1) is 12.0 Å². The third kappa shape index (κ3) is 2.98. The molecule has 0 bridgehead atoms. The molecular formula is C15H21FN2O3S. The summed E-state index contributed by atoms with van der Waals surface area (Å²) in [5.41, 5.74) is 0. The molecule has 122 valence electrons. The molecule has 1 aromatic rings. The summed E-state index contributed by atoms with van der Waals surface area (Å²) in [6, 6.07) is 3.90. The van der Waals surface area contributed by atoms with E-state index in [1.807, 2.05) is 0 Å². The molecule has 1 aromatic carbocycles. The smallest absolute Gasteiger partial charge is 0.240 e. The predicted octanol–water partition coefficient (Wildman–Crippen LogP) is 1.74. The first-order chi connectivity index (χ1) is 10.5. The summed E-state index contributed by atoms with van der Waals surface area (Å²) in [7, 11) is -2.37. The Morgan fingerprint density at radius 2 is 2.09 bits per heavy atom. The van der Waals surface area contributed by atoms with Crippen molar-refractivity contribution in [2.45, 2.75) is 42.7 Å². The van der Waals surface area contributed by atoms with Crippen molar-refractivity contribution in [3.63, 3.8) is 0 Å². The van der Waals surface area contributed by atoms with Gasteiger partial charge in [-0.05, 0) is 44.0 Å². The molecule has 22 heavy (non-hydrogen) atoms. The van der Waals surface area contributed by atoms with Gasteiger partial charge in [0.2, 0.25) is 10.0 Å². The van der Waals surface area contributed by atoms with Gasteiger partial charge in [0, 0.05) is 18.6 Å². The lowest BCUT2D eigenvalue weighted by atomic mass is 10.00. The summed E-state index contributed by atoms with van der Waals surface area (Å²) < 4.78 is 46.3. The number of hydrogen-bond donors (Lipinski definition) is 1. The van der Waals surface area contributed by atoms with Gasteiger partial charge in [0.1, 0.15) is 0 Å². The molecule has 2 saturated heterocycles.